The standard InChI is InChI=1S/C37H39ClN4O7S/c1-25-29(3-2-4-32(25)28-5-6-34-37(17-28)47-13-12-46-34)24-49-36-18-35(48-23-27-15-26(19-39)20-41-21-27)30(16-33(36)38)22-42(11-14-50(43,44)45)31-7-9-40-10-8-31/h2-6,15-18,20-21,31,40H,7-14,22-24H2,1H3,(H,43,44,45). The van der Waals surface area contributed by atoms with E-state index in [9.17, 15) is 18.2 Å². The maximum Gasteiger partial charge on any atom is 0.266 e. The molecule has 13 heteroatoms. The van der Waals surface area contributed by atoms with Crippen molar-refractivity contribution in [1.29, 1.82) is 5.26 Å². The number of pyridine rings is 1. The Morgan fingerprint density at radius 1 is 1.00 bits per heavy atom. The molecular formula is C37H39ClN4O7S. The van der Waals surface area contributed by atoms with Crippen LogP contribution in [0.3, 0.4) is 0 Å². The van der Waals surface area contributed by atoms with E-state index >= 15 is 0 Å². The Hall–Kier alpha value is -4.38. The van der Waals surface area contributed by atoms with Gasteiger partial charge in [0.25, 0.3) is 10.1 Å². The third-order valence-electron chi connectivity index (χ3n) is 8.95. The van der Waals surface area contributed by atoms with Gasteiger partial charge in [-0.2, -0.15) is 13.7 Å². The van der Waals surface area contributed by atoms with Gasteiger partial charge in [0.15, 0.2) is 11.5 Å². The molecule has 2 aliphatic heterocycles. The molecule has 2 N–H and O–H groups in total. The number of hydrogen-bond acceptors (Lipinski definition) is 10. The number of aromatic nitrogens is 1. The third kappa shape index (κ3) is 9.04. The maximum absolute atomic E-state index is 11.7. The summed E-state index contributed by atoms with van der Waals surface area (Å²) in [5.41, 5.74) is 5.94. The van der Waals surface area contributed by atoms with Crippen molar-refractivity contribution in [2.24, 2.45) is 0 Å². The second-order valence-corrected chi connectivity index (χ2v) is 14.3. The number of hydrogen-bond donors (Lipinski definition) is 2. The van der Waals surface area contributed by atoms with Crippen molar-refractivity contribution in [2.75, 3.05) is 38.6 Å². The summed E-state index contributed by atoms with van der Waals surface area (Å²) in [6.07, 6.45) is 4.78. The summed E-state index contributed by atoms with van der Waals surface area (Å²) in [7, 11) is -4.17. The second kappa shape index (κ2) is 16.1. The molecule has 3 heterocycles. The SMILES string of the molecule is Cc1c(COc2cc(OCc3cncc(C#N)c3)c(CN(CCS(=O)(=O)O)C3CCNCC3)cc2Cl)cccc1-c1ccc2c(c1)OCCO2. The van der Waals surface area contributed by atoms with Gasteiger partial charge in [-0.15, -0.1) is 0 Å². The lowest BCUT2D eigenvalue weighted by atomic mass is 9.96. The van der Waals surface area contributed by atoms with Crippen molar-refractivity contribution in [1.82, 2.24) is 15.2 Å². The number of rotatable bonds is 13. The van der Waals surface area contributed by atoms with Gasteiger partial charge >= 0.3 is 0 Å². The number of nitriles is 1. The van der Waals surface area contributed by atoms with Crippen LogP contribution in [-0.2, 0) is 29.9 Å². The Labute approximate surface area is 297 Å². The monoisotopic (exact) mass is 718 g/mol. The molecule has 1 saturated heterocycles. The number of fused-ring (bicyclic) bond motifs is 1. The largest absolute Gasteiger partial charge is 0.488 e. The first-order valence-corrected chi connectivity index (χ1v) is 18.5. The molecule has 0 spiro atoms. The predicted molar refractivity (Wildman–Crippen MR) is 189 cm³/mol. The molecule has 2 aliphatic rings. The van der Waals surface area contributed by atoms with E-state index in [0.29, 0.717) is 47.4 Å². The molecule has 0 atom stereocenters. The molecule has 50 heavy (non-hydrogen) atoms. The highest BCUT2D eigenvalue weighted by Gasteiger charge is 2.25. The summed E-state index contributed by atoms with van der Waals surface area (Å²) in [4.78, 5) is 6.20. The normalized spacial score (nSPS) is 14.7. The van der Waals surface area contributed by atoms with Crippen molar-refractivity contribution in [3.63, 3.8) is 0 Å². The van der Waals surface area contributed by atoms with Gasteiger partial charge in [-0.25, -0.2) is 0 Å². The third-order valence-corrected chi connectivity index (χ3v) is 9.94. The molecule has 3 aromatic carbocycles. The Morgan fingerprint density at radius 3 is 2.56 bits per heavy atom. The highest BCUT2D eigenvalue weighted by molar-refractivity contribution is 7.85. The topological polar surface area (TPSA) is 143 Å². The Bertz CT molecular complexity index is 1980. The number of nitrogens with zero attached hydrogens (tertiary/aromatic N) is 3. The van der Waals surface area contributed by atoms with Crippen LogP contribution in [0.2, 0.25) is 5.02 Å². The van der Waals surface area contributed by atoms with Crippen molar-refractivity contribution < 1.29 is 31.9 Å². The second-order valence-electron chi connectivity index (χ2n) is 12.3. The van der Waals surface area contributed by atoms with E-state index in [1.165, 1.54) is 6.20 Å². The van der Waals surface area contributed by atoms with Gasteiger partial charge in [0.2, 0.25) is 0 Å². The average molecular weight is 719 g/mol. The van der Waals surface area contributed by atoms with Crippen LogP contribution in [0.5, 0.6) is 23.0 Å². The smallest absolute Gasteiger partial charge is 0.266 e. The van der Waals surface area contributed by atoms with Crippen LogP contribution in [0.15, 0.2) is 67.0 Å². The molecular weight excluding hydrogens is 680 g/mol. The van der Waals surface area contributed by atoms with Crippen LogP contribution in [0, 0.1) is 18.3 Å². The summed E-state index contributed by atoms with van der Waals surface area (Å²) in [5.74, 6) is 1.99. The molecule has 0 amide bonds. The van der Waals surface area contributed by atoms with E-state index in [-0.39, 0.29) is 31.6 Å². The summed E-state index contributed by atoms with van der Waals surface area (Å²) >= 11 is 6.86. The lowest BCUT2D eigenvalue weighted by Gasteiger charge is -2.35. The first-order chi connectivity index (χ1) is 24.2. The molecule has 6 rings (SSSR count). The zero-order valence-corrected chi connectivity index (χ0v) is 29.3. The van der Waals surface area contributed by atoms with Crippen molar-refractivity contribution in [3.8, 4) is 40.2 Å². The number of benzene rings is 3. The molecule has 4 aromatic rings. The highest BCUT2D eigenvalue weighted by Crippen LogP contribution is 2.38. The first-order valence-electron chi connectivity index (χ1n) is 16.5. The average Bonchev–Trinajstić information content (AvgIpc) is 3.12. The van der Waals surface area contributed by atoms with Gasteiger partial charge < -0.3 is 24.3 Å². The van der Waals surface area contributed by atoms with Gasteiger partial charge in [0.05, 0.1) is 16.3 Å². The molecule has 1 aromatic heterocycles. The minimum atomic E-state index is -4.17. The van der Waals surface area contributed by atoms with E-state index in [4.69, 9.17) is 30.5 Å². The molecule has 262 valence electrons. The quantitative estimate of drug-likeness (QED) is 0.158. The number of halogens is 1. The summed E-state index contributed by atoms with van der Waals surface area (Å²) < 4.78 is 57.2. The first kappa shape index (κ1) is 35.4. The van der Waals surface area contributed by atoms with Gasteiger partial charge in [-0.3, -0.25) is 14.4 Å². The Kier molecular flexibility index (Phi) is 11.4. The molecule has 1 fully saturated rings. The van der Waals surface area contributed by atoms with Gasteiger partial charge in [-0.05, 0) is 79.4 Å². The van der Waals surface area contributed by atoms with E-state index in [1.54, 1.807) is 24.4 Å². The molecule has 11 nitrogen and oxygen atoms in total. The van der Waals surface area contributed by atoms with Crippen LogP contribution in [0.25, 0.3) is 11.1 Å². The maximum atomic E-state index is 11.7. The zero-order valence-electron chi connectivity index (χ0n) is 27.7. The predicted octanol–water partition coefficient (Wildman–Crippen LogP) is 5.95. The Morgan fingerprint density at radius 2 is 1.78 bits per heavy atom. The van der Waals surface area contributed by atoms with Crippen LogP contribution in [0.1, 0.15) is 40.7 Å². The summed E-state index contributed by atoms with van der Waals surface area (Å²) in [6.45, 7) is 5.56. The van der Waals surface area contributed by atoms with E-state index < -0.39 is 10.1 Å². The van der Waals surface area contributed by atoms with Crippen LogP contribution in [0.4, 0.5) is 0 Å². The van der Waals surface area contributed by atoms with E-state index in [2.05, 4.69) is 34.3 Å². The molecule has 0 radical (unpaired) electrons. The number of ether oxygens (including phenoxy) is 4. The zero-order chi connectivity index (χ0) is 35.1. The van der Waals surface area contributed by atoms with E-state index in [1.807, 2.05) is 30.3 Å². The van der Waals surface area contributed by atoms with Crippen LogP contribution >= 0.6 is 11.6 Å². The van der Waals surface area contributed by atoms with Gasteiger partial charge in [0, 0.05) is 48.7 Å². The summed E-state index contributed by atoms with van der Waals surface area (Å²) in [5, 5.41) is 13.1. The van der Waals surface area contributed by atoms with Crippen LogP contribution in [-0.4, -0.2) is 67.5 Å². The summed E-state index contributed by atoms with van der Waals surface area (Å²) in [6, 6.07) is 19.4. The fraction of sp³-hybridized carbons (Fsp3) is 0.351. The number of piperidine rings is 1. The van der Waals surface area contributed by atoms with Crippen molar-refractivity contribution in [3.05, 3.63) is 99.8 Å². The lowest BCUT2D eigenvalue weighted by Crippen LogP contribution is -2.44. The fourth-order valence-corrected chi connectivity index (χ4v) is 6.97. The van der Waals surface area contributed by atoms with Crippen molar-refractivity contribution >= 4 is 21.7 Å². The van der Waals surface area contributed by atoms with Gasteiger partial charge in [0.1, 0.15) is 44.0 Å². The number of nitrogens with one attached hydrogen (secondary N) is 1. The highest BCUT2D eigenvalue weighted by atomic mass is 35.5. The van der Waals surface area contributed by atoms with Crippen LogP contribution < -0.4 is 24.3 Å². The van der Waals surface area contributed by atoms with Gasteiger partial charge in [-0.1, -0.05) is 35.9 Å². The molecule has 0 unspecified atom stereocenters. The fourth-order valence-electron chi connectivity index (χ4n) is 6.27. The van der Waals surface area contributed by atoms with E-state index in [0.717, 1.165) is 65.2 Å². The lowest BCUT2D eigenvalue weighted by molar-refractivity contribution is 0.159. The minimum absolute atomic E-state index is 0.0986. The Balaban J connectivity index is 1.27. The molecule has 0 bridgehead atoms. The molecule has 0 aliphatic carbocycles. The molecule has 0 saturated carbocycles. The van der Waals surface area contributed by atoms with Crippen molar-refractivity contribution in [2.45, 2.75) is 45.6 Å². The minimum Gasteiger partial charge on any atom is -0.488 e.